The maximum absolute atomic E-state index is 12.3. The number of benzene rings is 2. The molecule has 0 unspecified atom stereocenters. The molecule has 1 fully saturated rings. The summed E-state index contributed by atoms with van der Waals surface area (Å²) in [5, 5.41) is 12.0. The Bertz CT molecular complexity index is 747. The SMILES string of the molecule is O=C(O)c1ccc(COc2ccc(C(=O)NC3CCCCC3)cc2)cc1. The van der Waals surface area contributed by atoms with Crippen molar-refractivity contribution in [1.29, 1.82) is 0 Å². The molecule has 1 amide bonds. The summed E-state index contributed by atoms with van der Waals surface area (Å²) in [5.41, 5.74) is 1.77. The van der Waals surface area contributed by atoms with Crippen LogP contribution in [-0.2, 0) is 6.61 Å². The highest BCUT2D eigenvalue weighted by atomic mass is 16.5. The minimum absolute atomic E-state index is 0.0345. The average Bonchev–Trinajstić information content (AvgIpc) is 2.68. The Labute approximate surface area is 153 Å². The van der Waals surface area contributed by atoms with E-state index in [0.29, 0.717) is 24.0 Å². The lowest BCUT2D eigenvalue weighted by atomic mass is 9.95. The molecule has 0 saturated heterocycles. The fourth-order valence-corrected chi connectivity index (χ4v) is 3.13. The van der Waals surface area contributed by atoms with Gasteiger partial charge in [0.05, 0.1) is 5.56 Å². The molecule has 1 saturated carbocycles. The van der Waals surface area contributed by atoms with Gasteiger partial charge in [-0.2, -0.15) is 0 Å². The zero-order valence-electron chi connectivity index (χ0n) is 14.6. The van der Waals surface area contributed by atoms with Crippen LogP contribution in [0.25, 0.3) is 0 Å². The van der Waals surface area contributed by atoms with Gasteiger partial charge >= 0.3 is 5.97 Å². The topological polar surface area (TPSA) is 75.6 Å². The Morgan fingerprint density at radius 2 is 1.54 bits per heavy atom. The van der Waals surface area contributed by atoms with Crippen LogP contribution in [0.5, 0.6) is 5.75 Å². The van der Waals surface area contributed by atoms with Crippen LogP contribution in [0.4, 0.5) is 0 Å². The highest BCUT2D eigenvalue weighted by molar-refractivity contribution is 5.94. The van der Waals surface area contributed by atoms with E-state index < -0.39 is 5.97 Å². The number of amides is 1. The molecule has 0 aromatic heterocycles. The van der Waals surface area contributed by atoms with Crippen molar-refractivity contribution in [2.45, 2.75) is 44.8 Å². The van der Waals surface area contributed by atoms with Crippen LogP contribution >= 0.6 is 0 Å². The summed E-state index contributed by atoms with van der Waals surface area (Å²) >= 11 is 0. The number of carboxylic acid groups (broad SMARTS) is 1. The summed E-state index contributed by atoms with van der Waals surface area (Å²) in [6, 6.07) is 14.0. The first-order valence-electron chi connectivity index (χ1n) is 8.98. The number of hydrogen-bond donors (Lipinski definition) is 2. The van der Waals surface area contributed by atoms with E-state index >= 15 is 0 Å². The number of carbonyl (C=O) groups is 2. The zero-order valence-corrected chi connectivity index (χ0v) is 14.6. The zero-order chi connectivity index (χ0) is 18.4. The van der Waals surface area contributed by atoms with Crippen molar-refractivity contribution < 1.29 is 19.4 Å². The van der Waals surface area contributed by atoms with Gasteiger partial charge in [-0.25, -0.2) is 4.79 Å². The molecule has 2 N–H and O–H groups in total. The standard InChI is InChI=1S/C21H23NO4/c23-20(22-18-4-2-1-3-5-18)16-10-12-19(13-11-16)26-14-15-6-8-17(9-7-15)21(24)25/h6-13,18H,1-5,14H2,(H,22,23)(H,24,25). The number of carboxylic acids is 1. The number of nitrogens with one attached hydrogen (secondary N) is 1. The number of aromatic carboxylic acids is 1. The highest BCUT2D eigenvalue weighted by Gasteiger charge is 2.16. The first kappa shape index (κ1) is 18.0. The molecule has 0 aliphatic heterocycles. The van der Waals surface area contributed by atoms with E-state index in [9.17, 15) is 9.59 Å². The van der Waals surface area contributed by atoms with Crippen LogP contribution < -0.4 is 10.1 Å². The Kier molecular flexibility index (Phi) is 5.89. The van der Waals surface area contributed by atoms with Crippen LogP contribution in [0.3, 0.4) is 0 Å². The molecule has 1 aliphatic carbocycles. The summed E-state index contributed by atoms with van der Waals surface area (Å²) in [6.45, 7) is 0.341. The lowest BCUT2D eigenvalue weighted by Crippen LogP contribution is -2.36. The predicted octanol–water partition coefficient (Wildman–Crippen LogP) is 4.03. The summed E-state index contributed by atoms with van der Waals surface area (Å²) < 4.78 is 5.70. The van der Waals surface area contributed by atoms with Crippen LogP contribution in [0, 0.1) is 0 Å². The van der Waals surface area contributed by atoms with Crippen LogP contribution in [0.1, 0.15) is 58.4 Å². The third-order valence-corrected chi connectivity index (χ3v) is 4.66. The first-order valence-corrected chi connectivity index (χ1v) is 8.98. The molecule has 0 bridgehead atoms. The highest BCUT2D eigenvalue weighted by Crippen LogP contribution is 2.19. The van der Waals surface area contributed by atoms with Crippen molar-refractivity contribution in [3.05, 3.63) is 65.2 Å². The van der Waals surface area contributed by atoms with Crippen LogP contribution in [0.2, 0.25) is 0 Å². The van der Waals surface area contributed by atoms with Crippen molar-refractivity contribution >= 4 is 11.9 Å². The molecule has 0 heterocycles. The van der Waals surface area contributed by atoms with E-state index in [1.807, 2.05) is 0 Å². The van der Waals surface area contributed by atoms with Crippen LogP contribution in [-0.4, -0.2) is 23.0 Å². The number of hydrogen-bond acceptors (Lipinski definition) is 3. The fourth-order valence-electron chi connectivity index (χ4n) is 3.13. The molecule has 26 heavy (non-hydrogen) atoms. The molecule has 2 aromatic carbocycles. The summed E-state index contributed by atoms with van der Waals surface area (Å²) in [5.74, 6) is -0.311. The van der Waals surface area contributed by atoms with E-state index in [1.165, 1.54) is 19.3 Å². The van der Waals surface area contributed by atoms with Crippen molar-refractivity contribution in [1.82, 2.24) is 5.32 Å². The quantitative estimate of drug-likeness (QED) is 0.822. The Morgan fingerprint density at radius 3 is 2.15 bits per heavy atom. The smallest absolute Gasteiger partial charge is 0.335 e. The second-order valence-electron chi connectivity index (χ2n) is 6.62. The van der Waals surface area contributed by atoms with Gasteiger partial charge in [0.25, 0.3) is 5.91 Å². The van der Waals surface area contributed by atoms with E-state index in [4.69, 9.17) is 9.84 Å². The molecule has 0 atom stereocenters. The Morgan fingerprint density at radius 1 is 0.923 bits per heavy atom. The molecule has 2 aromatic rings. The molecule has 136 valence electrons. The lowest BCUT2D eigenvalue weighted by molar-refractivity contribution is 0.0696. The van der Waals surface area contributed by atoms with Gasteiger partial charge in [-0.3, -0.25) is 4.79 Å². The van der Waals surface area contributed by atoms with E-state index in [1.54, 1.807) is 48.5 Å². The molecule has 5 nitrogen and oxygen atoms in total. The van der Waals surface area contributed by atoms with Crippen molar-refractivity contribution in [2.24, 2.45) is 0 Å². The second kappa shape index (κ2) is 8.52. The monoisotopic (exact) mass is 353 g/mol. The molecular weight excluding hydrogens is 330 g/mol. The Hall–Kier alpha value is -2.82. The van der Waals surface area contributed by atoms with Gasteiger partial charge in [0, 0.05) is 11.6 Å². The number of carbonyl (C=O) groups excluding carboxylic acids is 1. The third-order valence-electron chi connectivity index (χ3n) is 4.66. The first-order chi connectivity index (χ1) is 12.6. The van der Waals surface area contributed by atoms with Crippen molar-refractivity contribution in [2.75, 3.05) is 0 Å². The third kappa shape index (κ3) is 4.85. The van der Waals surface area contributed by atoms with Gasteiger partial charge in [0.15, 0.2) is 0 Å². The van der Waals surface area contributed by atoms with E-state index in [0.717, 1.165) is 18.4 Å². The maximum Gasteiger partial charge on any atom is 0.335 e. The van der Waals surface area contributed by atoms with Gasteiger partial charge in [0.1, 0.15) is 12.4 Å². The normalized spacial score (nSPS) is 14.6. The molecular formula is C21H23NO4. The van der Waals surface area contributed by atoms with Gasteiger partial charge in [-0.15, -0.1) is 0 Å². The largest absolute Gasteiger partial charge is 0.489 e. The minimum Gasteiger partial charge on any atom is -0.489 e. The van der Waals surface area contributed by atoms with Gasteiger partial charge in [-0.1, -0.05) is 31.4 Å². The summed E-state index contributed by atoms with van der Waals surface area (Å²) in [7, 11) is 0. The van der Waals surface area contributed by atoms with E-state index in [-0.39, 0.29) is 11.5 Å². The molecule has 3 rings (SSSR count). The van der Waals surface area contributed by atoms with Gasteiger partial charge < -0.3 is 15.2 Å². The maximum atomic E-state index is 12.3. The molecule has 5 heteroatoms. The van der Waals surface area contributed by atoms with Crippen molar-refractivity contribution in [3.63, 3.8) is 0 Å². The summed E-state index contributed by atoms with van der Waals surface area (Å²) in [6.07, 6.45) is 5.76. The molecule has 1 aliphatic rings. The summed E-state index contributed by atoms with van der Waals surface area (Å²) in [4.78, 5) is 23.1. The number of ether oxygens (including phenoxy) is 1. The van der Waals surface area contributed by atoms with Gasteiger partial charge in [0.2, 0.25) is 0 Å². The fraction of sp³-hybridized carbons (Fsp3) is 0.333. The second-order valence-corrected chi connectivity index (χ2v) is 6.62. The van der Waals surface area contributed by atoms with Crippen LogP contribution in [0.15, 0.2) is 48.5 Å². The lowest BCUT2D eigenvalue weighted by Gasteiger charge is -2.22. The van der Waals surface area contributed by atoms with E-state index in [2.05, 4.69) is 5.32 Å². The molecule has 0 spiro atoms. The Balaban J connectivity index is 1.52. The minimum atomic E-state index is -0.945. The molecule has 0 radical (unpaired) electrons. The predicted molar refractivity (Wildman–Crippen MR) is 98.5 cm³/mol. The number of rotatable bonds is 6. The van der Waals surface area contributed by atoms with Gasteiger partial charge in [-0.05, 0) is 54.8 Å². The average molecular weight is 353 g/mol. The van der Waals surface area contributed by atoms with Crippen molar-refractivity contribution in [3.8, 4) is 5.75 Å².